The van der Waals surface area contributed by atoms with Crippen LogP contribution < -0.4 is 11.1 Å². The van der Waals surface area contributed by atoms with Crippen LogP contribution in [0.1, 0.15) is 12.5 Å². The van der Waals surface area contributed by atoms with E-state index in [4.69, 9.17) is 5.73 Å². The van der Waals surface area contributed by atoms with Gasteiger partial charge in [-0.1, -0.05) is 6.92 Å². The highest BCUT2D eigenvalue weighted by Gasteiger charge is 2.01. The van der Waals surface area contributed by atoms with Crippen LogP contribution in [-0.2, 0) is 0 Å². The van der Waals surface area contributed by atoms with Gasteiger partial charge in [-0.2, -0.15) is 11.8 Å². The van der Waals surface area contributed by atoms with E-state index in [9.17, 15) is 0 Å². The first kappa shape index (κ1) is 12.2. The molecule has 0 radical (unpaired) electrons. The number of hydrogen-bond acceptors (Lipinski definition) is 3. The smallest absolute Gasteiger partial charge is 0.0345 e. The molecule has 2 nitrogen and oxygen atoms in total. The van der Waals surface area contributed by atoms with Gasteiger partial charge in [0.05, 0.1) is 0 Å². The Labute approximate surface area is 96.6 Å². The molecule has 0 aliphatic heterocycles. The molecule has 84 valence electrons. The van der Waals surface area contributed by atoms with Gasteiger partial charge < -0.3 is 11.1 Å². The lowest BCUT2D eigenvalue weighted by molar-refractivity contribution is 0.701. The maximum atomic E-state index is 5.76. The van der Waals surface area contributed by atoms with Crippen molar-refractivity contribution in [1.82, 2.24) is 0 Å². The molecule has 1 atom stereocenters. The Bertz CT molecular complexity index is 312. The first-order valence-electron chi connectivity index (χ1n) is 5.22. The van der Waals surface area contributed by atoms with Crippen molar-refractivity contribution in [2.75, 3.05) is 29.6 Å². The molecule has 1 rings (SSSR count). The molecule has 3 N–H and O–H groups in total. The third kappa shape index (κ3) is 4.04. The Morgan fingerprint density at radius 1 is 1.47 bits per heavy atom. The summed E-state index contributed by atoms with van der Waals surface area (Å²) in [6.07, 6.45) is 2.14. The fourth-order valence-corrected chi connectivity index (χ4v) is 2.11. The van der Waals surface area contributed by atoms with Crippen LogP contribution in [-0.4, -0.2) is 18.6 Å². The van der Waals surface area contributed by atoms with Crippen LogP contribution in [0.4, 0.5) is 11.4 Å². The SMILES string of the molecule is CSCC(C)CNc1ccc(N)c(C)c1. The number of aryl methyl sites for hydroxylation is 1. The molecule has 0 aliphatic carbocycles. The molecular weight excluding hydrogens is 204 g/mol. The highest BCUT2D eigenvalue weighted by molar-refractivity contribution is 7.98. The van der Waals surface area contributed by atoms with E-state index in [-0.39, 0.29) is 0 Å². The van der Waals surface area contributed by atoms with Crippen LogP contribution in [0.5, 0.6) is 0 Å². The first-order chi connectivity index (χ1) is 7.13. The minimum atomic E-state index is 0.692. The normalized spacial score (nSPS) is 12.5. The van der Waals surface area contributed by atoms with Gasteiger partial charge >= 0.3 is 0 Å². The van der Waals surface area contributed by atoms with Gasteiger partial charge in [0.2, 0.25) is 0 Å². The number of hydrogen-bond donors (Lipinski definition) is 2. The molecule has 0 aliphatic rings. The quantitative estimate of drug-likeness (QED) is 0.755. The number of rotatable bonds is 5. The van der Waals surface area contributed by atoms with Crippen LogP contribution in [0.3, 0.4) is 0 Å². The largest absolute Gasteiger partial charge is 0.399 e. The maximum Gasteiger partial charge on any atom is 0.0345 e. The van der Waals surface area contributed by atoms with Crippen molar-refractivity contribution in [2.45, 2.75) is 13.8 Å². The topological polar surface area (TPSA) is 38.0 Å². The van der Waals surface area contributed by atoms with Gasteiger partial charge in [0, 0.05) is 17.9 Å². The highest BCUT2D eigenvalue weighted by Crippen LogP contribution is 2.17. The van der Waals surface area contributed by atoms with E-state index >= 15 is 0 Å². The van der Waals surface area contributed by atoms with E-state index in [1.54, 1.807) is 0 Å². The number of nitrogen functional groups attached to an aromatic ring is 1. The van der Waals surface area contributed by atoms with Crippen molar-refractivity contribution in [3.05, 3.63) is 23.8 Å². The zero-order chi connectivity index (χ0) is 11.3. The van der Waals surface area contributed by atoms with Gasteiger partial charge in [0.25, 0.3) is 0 Å². The summed E-state index contributed by atoms with van der Waals surface area (Å²) in [5.41, 5.74) is 8.92. The summed E-state index contributed by atoms with van der Waals surface area (Å²) in [7, 11) is 0. The molecule has 0 saturated heterocycles. The third-order valence-corrected chi connectivity index (χ3v) is 3.28. The fraction of sp³-hybridized carbons (Fsp3) is 0.500. The molecule has 0 fully saturated rings. The van der Waals surface area contributed by atoms with E-state index in [1.165, 1.54) is 5.75 Å². The Balaban J connectivity index is 2.47. The van der Waals surface area contributed by atoms with Crippen molar-refractivity contribution in [3.8, 4) is 0 Å². The Morgan fingerprint density at radius 2 is 2.20 bits per heavy atom. The number of nitrogens with one attached hydrogen (secondary N) is 1. The molecule has 0 amide bonds. The monoisotopic (exact) mass is 224 g/mol. The number of anilines is 2. The average Bonchev–Trinajstić information content (AvgIpc) is 2.20. The van der Waals surface area contributed by atoms with E-state index in [1.807, 2.05) is 30.8 Å². The van der Waals surface area contributed by atoms with Gasteiger partial charge in [-0.25, -0.2) is 0 Å². The minimum Gasteiger partial charge on any atom is -0.399 e. The molecule has 15 heavy (non-hydrogen) atoms. The molecule has 1 aromatic rings. The van der Waals surface area contributed by atoms with Crippen LogP contribution in [0.25, 0.3) is 0 Å². The van der Waals surface area contributed by atoms with Crippen molar-refractivity contribution in [3.63, 3.8) is 0 Å². The van der Waals surface area contributed by atoms with Gasteiger partial charge in [-0.3, -0.25) is 0 Å². The lowest BCUT2D eigenvalue weighted by Crippen LogP contribution is -2.13. The summed E-state index contributed by atoms with van der Waals surface area (Å²) >= 11 is 1.89. The lowest BCUT2D eigenvalue weighted by Gasteiger charge is -2.13. The second kappa shape index (κ2) is 5.91. The van der Waals surface area contributed by atoms with Crippen LogP contribution >= 0.6 is 11.8 Å². The van der Waals surface area contributed by atoms with E-state index in [0.717, 1.165) is 23.5 Å². The van der Waals surface area contributed by atoms with E-state index in [2.05, 4.69) is 24.6 Å². The summed E-state index contributed by atoms with van der Waals surface area (Å²) in [5, 5.41) is 3.43. The van der Waals surface area contributed by atoms with E-state index in [0.29, 0.717) is 5.92 Å². The van der Waals surface area contributed by atoms with Crippen LogP contribution in [0.15, 0.2) is 18.2 Å². The Kier molecular flexibility index (Phi) is 4.82. The maximum absolute atomic E-state index is 5.76. The molecule has 0 saturated carbocycles. The second-order valence-corrected chi connectivity index (χ2v) is 4.92. The van der Waals surface area contributed by atoms with Crippen molar-refractivity contribution >= 4 is 23.1 Å². The summed E-state index contributed by atoms with van der Waals surface area (Å²) in [4.78, 5) is 0. The molecule has 0 heterocycles. The average molecular weight is 224 g/mol. The molecule has 3 heteroatoms. The molecular formula is C12H20N2S. The van der Waals surface area contributed by atoms with Crippen molar-refractivity contribution in [2.24, 2.45) is 5.92 Å². The Morgan fingerprint density at radius 3 is 2.80 bits per heavy atom. The summed E-state index contributed by atoms with van der Waals surface area (Å²) in [6.45, 7) is 5.31. The summed E-state index contributed by atoms with van der Waals surface area (Å²) in [6, 6.07) is 6.09. The second-order valence-electron chi connectivity index (χ2n) is 4.01. The number of nitrogens with two attached hydrogens (primary N) is 1. The first-order valence-corrected chi connectivity index (χ1v) is 6.61. The van der Waals surface area contributed by atoms with Crippen LogP contribution in [0, 0.1) is 12.8 Å². The number of thioether (sulfide) groups is 1. The van der Waals surface area contributed by atoms with Crippen molar-refractivity contribution in [1.29, 1.82) is 0 Å². The number of benzene rings is 1. The minimum absolute atomic E-state index is 0.692. The van der Waals surface area contributed by atoms with Gasteiger partial charge in [-0.15, -0.1) is 0 Å². The van der Waals surface area contributed by atoms with Gasteiger partial charge in [0.1, 0.15) is 0 Å². The standard InChI is InChI=1S/C12H20N2S/c1-9(8-15-3)7-14-11-4-5-12(13)10(2)6-11/h4-6,9,14H,7-8,13H2,1-3H3. The zero-order valence-corrected chi connectivity index (χ0v) is 10.5. The highest BCUT2D eigenvalue weighted by atomic mass is 32.2. The third-order valence-electron chi connectivity index (χ3n) is 2.38. The predicted molar refractivity (Wildman–Crippen MR) is 71.6 cm³/mol. The zero-order valence-electron chi connectivity index (χ0n) is 9.71. The Hall–Kier alpha value is -0.830. The molecule has 1 aromatic carbocycles. The van der Waals surface area contributed by atoms with Gasteiger partial charge in [0.15, 0.2) is 0 Å². The van der Waals surface area contributed by atoms with E-state index < -0.39 is 0 Å². The van der Waals surface area contributed by atoms with Crippen molar-refractivity contribution < 1.29 is 0 Å². The molecule has 0 spiro atoms. The summed E-state index contributed by atoms with van der Waals surface area (Å²) < 4.78 is 0. The van der Waals surface area contributed by atoms with Crippen LogP contribution in [0.2, 0.25) is 0 Å². The fourth-order valence-electron chi connectivity index (χ4n) is 1.42. The molecule has 0 bridgehead atoms. The molecule has 1 unspecified atom stereocenters. The predicted octanol–water partition coefficient (Wildman–Crippen LogP) is 2.99. The van der Waals surface area contributed by atoms with Gasteiger partial charge in [-0.05, 0) is 48.6 Å². The summed E-state index contributed by atoms with van der Waals surface area (Å²) in [5.74, 6) is 1.89. The lowest BCUT2D eigenvalue weighted by atomic mass is 10.1. The molecule has 0 aromatic heterocycles.